The molecule has 6 nitrogen and oxygen atoms in total. The van der Waals surface area contributed by atoms with Gasteiger partial charge >= 0.3 is 0 Å². The number of anilines is 6. The van der Waals surface area contributed by atoms with Gasteiger partial charge in [-0.3, -0.25) is 0 Å². The molecule has 6 heteroatoms. The first-order chi connectivity index (χ1) is 46.7. The van der Waals surface area contributed by atoms with Crippen molar-refractivity contribution in [3.8, 4) is 27.9 Å². The third kappa shape index (κ3) is 7.10. The van der Waals surface area contributed by atoms with Crippen LogP contribution in [0.25, 0.3) is 116 Å². The molecule has 17 aromatic rings. The molecular weight excluding hydrogens is 1170 g/mol. The molecule has 4 aromatic heterocycles. The molecule has 13 aromatic carbocycles. The van der Waals surface area contributed by atoms with E-state index in [1.54, 1.807) is 0 Å². The second kappa shape index (κ2) is 19.2. The molecule has 0 radical (unpaired) electrons. The Morgan fingerprint density at radius 1 is 0.344 bits per heavy atom. The Labute approximate surface area is 556 Å². The summed E-state index contributed by atoms with van der Waals surface area (Å²) in [4.78, 5) is 4.97. The number of aromatic nitrogens is 1. The molecule has 2 aliphatic carbocycles. The quantitative estimate of drug-likeness (QED) is 0.166. The van der Waals surface area contributed by atoms with Gasteiger partial charge in [0.1, 0.15) is 16.7 Å². The van der Waals surface area contributed by atoms with E-state index in [4.69, 9.17) is 13.3 Å². The minimum atomic E-state index is -0.980. The number of hydrogen-bond donors (Lipinski definition) is 0. The van der Waals surface area contributed by atoms with Crippen LogP contribution in [0.4, 0.5) is 34.1 Å². The molecule has 1 atom stereocenters. The van der Waals surface area contributed by atoms with Gasteiger partial charge in [-0.2, -0.15) is 0 Å². The van der Waals surface area contributed by atoms with E-state index >= 15 is 0 Å². The van der Waals surface area contributed by atoms with Crippen molar-refractivity contribution >= 4 is 122 Å². The number of hydrogen-bond acceptors (Lipinski definition) is 5. The van der Waals surface area contributed by atoms with Crippen LogP contribution in [0.2, 0.25) is 0 Å². The Balaban J connectivity index is 1.00. The molecular formula is C90H67N3O3. The van der Waals surface area contributed by atoms with Crippen LogP contribution in [0.15, 0.2) is 274 Å². The van der Waals surface area contributed by atoms with Gasteiger partial charge in [-0.1, -0.05) is 250 Å². The van der Waals surface area contributed by atoms with E-state index in [1.807, 2.05) is 0 Å². The Bertz CT molecular complexity index is 6220. The minimum absolute atomic E-state index is 0.169. The molecule has 460 valence electrons. The SMILES string of the molecule is CC(C)(C)c1cccc2c1oc1c(N(c3ccccc3)c3cc4c(c5c3-c3ccccc3C5(C)C)-c3c(cc(N(c5ccccc5)c5cccc6c5oc5c(C(C)(C)C)cccc56)c5oc6ccccc6c35)C43c4ccccc4-n4c5ccccc5c5cccc3c54)cccc12. The second-order valence-electron chi connectivity index (χ2n) is 29.4. The summed E-state index contributed by atoms with van der Waals surface area (Å²) >= 11 is 0. The third-order valence-electron chi connectivity index (χ3n) is 21.8. The van der Waals surface area contributed by atoms with Crippen LogP contribution in [0.5, 0.6) is 0 Å². The normalized spacial score (nSPS) is 15.2. The monoisotopic (exact) mass is 1240 g/mol. The summed E-state index contributed by atoms with van der Waals surface area (Å²) in [5.41, 5.74) is 27.2. The van der Waals surface area contributed by atoms with Crippen LogP contribution in [0.3, 0.4) is 0 Å². The summed E-state index contributed by atoms with van der Waals surface area (Å²) in [5.74, 6) is 0. The molecule has 20 rings (SSSR count). The van der Waals surface area contributed by atoms with Crippen LogP contribution in [0, 0.1) is 0 Å². The molecule has 0 bridgehead atoms. The lowest BCUT2D eigenvalue weighted by Gasteiger charge is -2.41. The maximum Gasteiger partial charge on any atom is 0.160 e. The van der Waals surface area contributed by atoms with E-state index in [-0.39, 0.29) is 10.8 Å². The second-order valence-corrected chi connectivity index (χ2v) is 29.4. The standard InChI is InChI=1S/C90H67N3O3/c1-87(2,3)65-43-24-36-56-58-38-26-47-71(84(58)95-82(56)65)91(52-28-11-9-12-29-52)73-50-68-79(80-76(73)60-33-15-18-40-62(60)89(80,7)8)78-67(90(68)63-41-19-21-46-70(63)93-69-45-20-16-32-54(69)55-35-23-42-64(90)81(55)93)51-74(86-77(78)61-34-17-22-49-75(61)94-86)92(53-30-13-10-14-31-53)72-48-27-39-59-57-37-25-44-66(88(4,5)6)83(57)96-85(59)72/h9-51H,1-8H3. The number of furan rings is 3. The van der Waals surface area contributed by atoms with Crippen molar-refractivity contribution < 1.29 is 13.3 Å². The van der Waals surface area contributed by atoms with E-state index in [1.165, 1.54) is 88.6 Å². The van der Waals surface area contributed by atoms with E-state index in [9.17, 15) is 0 Å². The largest absolute Gasteiger partial charge is 0.454 e. The van der Waals surface area contributed by atoms with Crippen LogP contribution in [-0.4, -0.2) is 4.57 Å². The van der Waals surface area contributed by atoms with Gasteiger partial charge in [-0.05, 0) is 128 Å². The summed E-state index contributed by atoms with van der Waals surface area (Å²) in [5, 5.41) is 8.90. The van der Waals surface area contributed by atoms with Crippen molar-refractivity contribution in [3.63, 3.8) is 0 Å². The van der Waals surface area contributed by atoms with Crippen molar-refractivity contribution in [1.82, 2.24) is 4.57 Å². The molecule has 1 aliphatic heterocycles. The van der Waals surface area contributed by atoms with Crippen molar-refractivity contribution in [3.05, 3.63) is 305 Å². The Morgan fingerprint density at radius 2 is 0.823 bits per heavy atom. The van der Waals surface area contributed by atoms with Crippen LogP contribution in [0.1, 0.15) is 99.9 Å². The van der Waals surface area contributed by atoms with E-state index in [0.29, 0.717) is 0 Å². The predicted octanol–water partition coefficient (Wildman–Crippen LogP) is 25.0. The number of para-hydroxylation sites is 10. The first-order valence-corrected chi connectivity index (χ1v) is 33.7. The molecule has 3 aliphatic rings. The highest BCUT2D eigenvalue weighted by atomic mass is 16.3. The molecule has 0 saturated carbocycles. The zero-order valence-corrected chi connectivity index (χ0v) is 54.9. The number of fused-ring (bicyclic) bond motifs is 26. The molecule has 0 amide bonds. The molecule has 1 spiro atoms. The highest BCUT2D eigenvalue weighted by molar-refractivity contribution is 6.24. The topological polar surface area (TPSA) is 50.8 Å². The zero-order chi connectivity index (χ0) is 64.5. The predicted molar refractivity (Wildman–Crippen MR) is 398 cm³/mol. The van der Waals surface area contributed by atoms with Crippen LogP contribution in [-0.2, 0) is 21.7 Å². The smallest absolute Gasteiger partial charge is 0.160 e. The summed E-state index contributed by atoms with van der Waals surface area (Å²) < 4.78 is 25.2. The van der Waals surface area contributed by atoms with Crippen LogP contribution >= 0.6 is 0 Å². The maximum atomic E-state index is 7.69. The summed E-state index contributed by atoms with van der Waals surface area (Å²) in [6.45, 7) is 18.6. The van der Waals surface area contributed by atoms with E-state index in [2.05, 4.69) is 331 Å². The van der Waals surface area contributed by atoms with Gasteiger partial charge in [0.05, 0.1) is 44.9 Å². The van der Waals surface area contributed by atoms with Crippen molar-refractivity contribution in [1.29, 1.82) is 0 Å². The van der Waals surface area contributed by atoms with Gasteiger partial charge < -0.3 is 27.6 Å². The highest BCUT2D eigenvalue weighted by Gasteiger charge is 2.56. The third-order valence-corrected chi connectivity index (χ3v) is 21.8. The fourth-order valence-electron chi connectivity index (χ4n) is 17.8. The van der Waals surface area contributed by atoms with E-state index < -0.39 is 10.8 Å². The first-order valence-electron chi connectivity index (χ1n) is 33.7. The Kier molecular flexibility index (Phi) is 11.0. The van der Waals surface area contributed by atoms with Gasteiger partial charge in [-0.25, -0.2) is 0 Å². The summed E-state index contributed by atoms with van der Waals surface area (Å²) in [7, 11) is 0. The van der Waals surface area contributed by atoms with Gasteiger partial charge in [0.2, 0.25) is 0 Å². The van der Waals surface area contributed by atoms with Gasteiger partial charge in [0.25, 0.3) is 0 Å². The minimum Gasteiger partial charge on any atom is -0.454 e. The fraction of sp³-hybridized carbons (Fsp3) is 0.133. The summed E-state index contributed by atoms with van der Waals surface area (Å²) in [6, 6.07) is 97.0. The lowest BCUT2D eigenvalue weighted by molar-refractivity contribution is 0.572. The molecule has 96 heavy (non-hydrogen) atoms. The lowest BCUT2D eigenvalue weighted by Crippen LogP contribution is -2.34. The lowest BCUT2D eigenvalue weighted by atomic mass is 9.64. The molecule has 1 unspecified atom stereocenters. The van der Waals surface area contributed by atoms with Crippen molar-refractivity contribution in [2.75, 3.05) is 9.80 Å². The van der Waals surface area contributed by atoms with Crippen molar-refractivity contribution in [2.45, 2.75) is 77.0 Å². The molecule has 0 saturated heterocycles. The molecule has 5 heterocycles. The van der Waals surface area contributed by atoms with Crippen molar-refractivity contribution in [2.24, 2.45) is 0 Å². The van der Waals surface area contributed by atoms with Crippen LogP contribution < -0.4 is 9.80 Å². The molecule has 0 N–H and O–H groups in total. The van der Waals surface area contributed by atoms with Gasteiger partial charge in [0, 0.05) is 76.6 Å². The van der Waals surface area contributed by atoms with Gasteiger partial charge in [0.15, 0.2) is 16.7 Å². The maximum absolute atomic E-state index is 7.69. The number of rotatable bonds is 6. The fourth-order valence-corrected chi connectivity index (χ4v) is 17.8. The highest BCUT2D eigenvalue weighted by Crippen LogP contribution is 2.70. The Morgan fingerprint density at radius 3 is 1.47 bits per heavy atom. The average molecular weight is 1240 g/mol. The number of nitrogens with zero attached hydrogens (tertiary/aromatic N) is 3. The van der Waals surface area contributed by atoms with E-state index in [0.717, 1.165) is 106 Å². The Hall–Kier alpha value is -11.3. The molecule has 0 fully saturated rings. The average Bonchev–Trinajstić information content (AvgIpc) is 1.46. The van der Waals surface area contributed by atoms with Gasteiger partial charge in [-0.15, -0.1) is 0 Å². The summed E-state index contributed by atoms with van der Waals surface area (Å²) in [6.07, 6.45) is 0. The zero-order valence-electron chi connectivity index (χ0n) is 54.9. The number of benzene rings is 13. The first kappa shape index (κ1) is 55.1.